The standard InChI is InChI=1S/C6H10O4S2/c7-5(8)4(6(9)10)1-3(12)2-11/h3-4,11-12H,1-2H2,(H,7,8)(H,9,10). The summed E-state index contributed by atoms with van der Waals surface area (Å²) in [6, 6.07) is 0. The lowest BCUT2D eigenvalue weighted by Gasteiger charge is -2.10. The molecule has 4 nitrogen and oxygen atoms in total. The Morgan fingerprint density at radius 3 is 1.92 bits per heavy atom. The van der Waals surface area contributed by atoms with Gasteiger partial charge in [0.25, 0.3) is 0 Å². The van der Waals surface area contributed by atoms with Gasteiger partial charge in [-0.1, -0.05) is 0 Å². The summed E-state index contributed by atoms with van der Waals surface area (Å²) in [6.07, 6.45) is -0.00270. The summed E-state index contributed by atoms with van der Waals surface area (Å²) in [7, 11) is 0. The van der Waals surface area contributed by atoms with Crippen LogP contribution in [0.2, 0.25) is 0 Å². The van der Waals surface area contributed by atoms with E-state index in [1.54, 1.807) is 0 Å². The van der Waals surface area contributed by atoms with Crippen molar-refractivity contribution in [1.82, 2.24) is 0 Å². The van der Waals surface area contributed by atoms with Crippen molar-refractivity contribution in [3.8, 4) is 0 Å². The van der Waals surface area contributed by atoms with E-state index >= 15 is 0 Å². The van der Waals surface area contributed by atoms with Crippen LogP contribution >= 0.6 is 25.3 Å². The van der Waals surface area contributed by atoms with Crippen LogP contribution in [0, 0.1) is 5.92 Å². The molecule has 0 aliphatic heterocycles. The second kappa shape index (κ2) is 5.31. The molecule has 0 amide bonds. The topological polar surface area (TPSA) is 74.6 Å². The third kappa shape index (κ3) is 3.87. The number of aliphatic carboxylic acids is 2. The fraction of sp³-hybridized carbons (Fsp3) is 0.667. The largest absolute Gasteiger partial charge is 0.481 e. The highest BCUT2D eigenvalue weighted by Gasteiger charge is 2.27. The fourth-order valence-corrected chi connectivity index (χ4v) is 1.01. The van der Waals surface area contributed by atoms with Crippen molar-refractivity contribution < 1.29 is 19.8 Å². The monoisotopic (exact) mass is 210 g/mol. The summed E-state index contributed by atoms with van der Waals surface area (Å²) in [4.78, 5) is 20.7. The number of carboxylic acid groups (broad SMARTS) is 2. The number of hydrogen-bond donors (Lipinski definition) is 4. The zero-order chi connectivity index (χ0) is 9.72. The Labute approximate surface area is 80.8 Å². The van der Waals surface area contributed by atoms with Crippen LogP contribution in [0.15, 0.2) is 0 Å². The minimum absolute atomic E-state index is 0.00270. The van der Waals surface area contributed by atoms with Gasteiger partial charge in [-0.15, -0.1) is 0 Å². The molecule has 0 fully saturated rings. The number of carboxylic acids is 2. The van der Waals surface area contributed by atoms with E-state index in [1.165, 1.54) is 0 Å². The van der Waals surface area contributed by atoms with E-state index in [0.717, 1.165) is 0 Å². The predicted molar refractivity (Wildman–Crippen MR) is 50.0 cm³/mol. The van der Waals surface area contributed by atoms with Crippen molar-refractivity contribution in [2.75, 3.05) is 5.75 Å². The first-order chi connectivity index (χ1) is 5.49. The zero-order valence-electron chi connectivity index (χ0n) is 6.17. The molecule has 0 aromatic rings. The molecule has 0 aliphatic rings. The predicted octanol–water partition coefficient (Wildman–Crippen LogP) is 0.390. The molecule has 0 rings (SSSR count). The van der Waals surface area contributed by atoms with Gasteiger partial charge in [0.2, 0.25) is 0 Å². The number of hydrogen-bond acceptors (Lipinski definition) is 4. The van der Waals surface area contributed by atoms with Gasteiger partial charge in [0.05, 0.1) is 0 Å². The van der Waals surface area contributed by atoms with E-state index < -0.39 is 17.9 Å². The SMILES string of the molecule is O=C(O)C(CC(S)CS)C(=O)O. The molecule has 1 atom stereocenters. The van der Waals surface area contributed by atoms with Crippen molar-refractivity contribution in [1.29, 1.82) is 0 Å². The molecule has 0 saturated heterocycles. The van der Waals surface area contributed by atoms with Crippen LogP contribution in [0.3, 0.4) is 0 Å². The van der Waals surface area contributed by atoms with Crippen LogP contribution < -0.4 is 0 Å². The zero-order valence-corrected chi connectivity index (χ0v) is 7.96. The Morgan fingerprint density at radius 1 is 1.25 bits per heavy atom. The van der Waals surface area contributed by atoms with E-state index in [1.807, 2.05) is 0 Å². The first-order valence-electron chi connectivity index (χ1n) is 3.23. The van der Waals surface area contributed by atoms with E-state index in [2.05, 4.69) is 25.3 Å². The maximum atomic E-state index is 10.4. The van der Waals surface area contributed by atoms with Crippen molar-refractivity contribution >= 4 is 37.2 Å². The normalized spacial score (nSPS) is 12.9. The summed E-state index contributed by atoms with van der Waals surface area (Å²) < 4.78 is 0. The van der Waals surface area contributed by atoms with Crippen molar-refractivity contribution in [2.45, 2.75) is 11.7 Å². The summed E-state index contributed by atoms with van der Waals surface area (Å²) in [6.45, 7) is 0. The first-order valence-corrected chi connectivity index (χ1v) is 4.38. The summed E-state index contributed by atoms with van der Waals surface area (Å²) in [5, 5.41) is 16.6. The molecule has 6 heteroatoms. The Hall–Kier alpha value is -0.360. The Bertz CT molecular complexity index is 168. The molecule has 0 saturated carbocycles. The van der Waals surface area contributed by atoms with Gasteiger partial charge in [-0.2, -0.15) is 25.3 Å². The van der Waals surface area contributed by atoms with E-state index in [9.17, 15) is 9.59 Å². The van der Waals surface area contributed by atoms with Gasteiger partial charge in [-0.05, 0) is 6.42 Å². The highest BCUT2D eigenvalue weighted by atomic mass is 32.1. The third-order valence-electron chi connectivity index (χ3n) is 1.31. The molecule has 0 spiro atoms. The van der Waals surface area contributed by atoms with Gasteiger partial charge in [0, 0.05) is 11.0 Å². The second-order valence-corrected chi connectivity index (χ2v) is 3.40. The lowest BCUT2D eigenvalue weighted by molar-refractivity contribution is -0.154. The number of thiol groups is 2. The van der Waals surface area contributed by atoms with Crippen LogP contribution in [-0.2, 0) is 9.59 Å². The lowest BCUT2D eigenvalue weighted by atomic mass is 10.0. The van der Waals surface area contributed by atoms with Gasteiger partial charge < -0.3 is 10.2 Å². The average molecular weight is 210 g/mol. The minimum Gasteiger partial charge on any atom is -0.481 e. The third-order valence-corrected chi connectivity index (χ3v) is 2.44. The highest BCUT2D eigenvalue weighted by molar-refractivity contribution is 7.84. The van der Waals surface area contributed by atoms with Gasteiger partial charge in [0.15, 0.2) is 5.92 Å². The van der Waals surface area contributed by atoms with E-state index in [0.29, 0.717) is 5.75 Å². The molecular weight excluding hydrogens is 200 g/mol. The quantitative estimate of drug-likeness (QED) is 0.391. The summed E-state index contributed by atoms with van der Waals surface area (Å²) >= 11 is 7.82. The molecule has 12 heavy (non-hydrogen) atoms. The Morgan fingerprint density at radius 2 is 1.67 bits per heavy atom. The molecule has 0 aromatic heterocycles. The van der Waals surface area contributed by atoms with Crippen LogP contribution in [0.4, 0.5) is 0 Å². The van der Waals surface area contributed by atoms with Crippen LogP contribution in [0.5, 0.6) is 0 Å². The van der Waals surface area contributed by atoms with Crippen LogP contribution in [0.25, 0.3) is 0 Å². The van der Waals surface area contributed by atoms with Crippen molar-refractivity contribution in [3.05, 3.63) is 0 Å². The van der Waals surface area contributed by atoms with Gasteiger partial charge >= 0.3 is 11.9 Å². The molecular formula is C6H10O4S2. The highest BCUT2D eigenvalue weighted by Crippen LogP contribution is 2.13. The Balaban J connectivity index is 4.14. The fourth-order valence-electron chi connectivity index (χ4n) is 0.654. The average Bonchev–Trinajstić information content (AvgIpc) is 1.98. The molecule has 70 valence electrons. The maximum absolute atomic E-state index is 10.4. The minimum atomic E-state index is -1.38. The van der Waals surface area contributed by atoms with Crippen LogP contribution in [0.1, 0.15) is 6.42 Å². The number of rotatable bonds is 5. The first kappa shape index (κ1) is 11.6. The maximum Gasteiger partial charge on any atom is 0.317 e. The molecule has 0 aromatic carbocycles. The molecule has 0 heterocycles. The molecule has 1 unspecified atom stereocenters. The smallest absolute Gasteiger partial charge is 0.317 e. The van der Waals surface area contributed by atoms with Gasteiger partial charge in [0.1, 0.15) is 0 Å². The van der Waals surface area contributed by atoms with Crippen molar-refractivity contribution in [3.63, 3.8) is 0 Å². The van der Waals surface area contributed by atoms with E-state index in [-0.39, 0.29) is 11.7 Å². The summed E-state index contributed by atoms with van der Waals surface area (Å²) in [5.41, 5.74) is 0. The second-order valence-electron chi connectivity index (χ2n) is 2.30. The lowest BCUT2D eigenvalue weighted by Crippen LogP contribution is -2.26. The van der Waals surface area contributed by atoms with Crippen LogP contribution in [-0.4, -0.2) is 33.2 Å². The van der Waals surface area contributed by atoms with Crippen molar-refractivity contribution in [2.24, 2.45) is 5.92 Å². The number of carbonyl (C=O) groups is 2. The van der Waals surface area contributed by atoms with Gasteiger partial charge in [-0.3, -0.25) is 9.59 Å². The Kier molecular flexibility index (Phi) is 5.16. The van der Waals surface area contributed by atoms with Gasteiger partial charge in [-0.25, -0.2) is 0 Å². The van der Waals surface area contributed by atoms with E-state index in [4.69, 9.17) is 10.2 Å². The molecule has 0 radical (unpaired) electrons. The molecule has 2 N–H and O–H groups in total. The molecule has 0 aliphatic carbocycles. The summed E-state index contributed by atoms with van der Waals surface area (Å²) in [5.74, 6) is -3.67. The molecule has 0 bridgehead atoms.